The molecule has 2 N–H and O–H groups in total. The highest BCUT2D eigenvalue weighted by molar-refractivity contribution is 6.31. The third-order valence-corrected chi connectivity index (χ3v) is 4.74. The molecule has 0 bridgehead atoms. The van der Waals surface area contributed by atoms with Crippen LogP contribution in [0.5, 0.6) is 11.5 Å². The minimum Gasteiger partial charge on any atom is -0.497 e. The number of rotatable bonds is 6. The number of hydrogen-bond acceptors (Lipinski definition) is 4. The Balaban J connectivity index is 1.74. The summed E-state index contributed by atoms with van der Waals surface area (Å²) in [5.41, 5.74) is -0.411. The molecule has 1 saturated carbocycles. The van der Waals surface area contributed by atoms with Crippen LogP contribution in [-0.4, -0.2) is 26.0 Å². The second-order valence-electron chi connectivity index (χ2n) is 6.19. The first-order chi connectivity index (χ1) is 12.9. The van der Waals surface area contributed by atoms with Gasteiger partial charge in [-0.25, -0.2) is 4.39 Å². The molecule has 0 radical (unpaired) electrons. The molecule has 6 nitrogen and oxygen atoms in total. The van der Waals surface area contributed by atoms with E-state index in [-0.39, 0.29) is 5.02 Å². The van der Waals surface area contributed by atoms with Gasteiger partial charge in [-0.15, -0.1) is 0 Å². The van der Waals surface area contributed by atoms with E-state index in [1.807, 2.05) is 0 Å². The molecule has 3 rings (SSSR count). The highest BCUT2D eigenvalue weighted by Crippen LogP contribution is 2.48. The molecule has 0 atom stereocenters. The Labute approximate surface area is 160 Å². The monoisotopic (exact) mass is 392 g/mol. The van der Waals surface area contributed by atoms with E-state index in [0.29, 0.717) is 35.7 Å². The maximum Gasteiger partial charge on any atom is 0.240 e. The van der Waals surface area contributed by atoms with Crippen LogP contribution in [0.25, 0.3) is 0 Å². The first kappa shape index (κ1) is 19.0. The van der Waals surface area contributed by atoms with E-state index in [1.54, 1.807) is 18.2 Å². The lowest BCUT2D eigenvalue weighted by molar-refractivity contribution is -0.131. The zero-order chi connectivity index (χ0) is 19.6. The van der Waals surface area contributed by atoms with E-state index < -0.39 is 23.0 Å². The van der Waals surface area contributed by atoms with Gasteiger partial charge in [0.25, 0.3) is 0 Å². The maximum absolute atomic E-state index is 13.2. The second-order valence-corrected chi connectivity index (χ2v) is 6.59. The predicted molar refractivity (Wildman–Crippen MR) is 99.9 cm³/mol. The van der Waals surface area contributed by atoms with Crippen LogP contribution in [0.1, 0.15) is 12.8 Å². The van der Waals surface area contributed by atoms with E-state index in [2.05, 4.69) is 10.6 Å². The number of anilines is 2. The third-order valence-electron chi connectivity index (χ3n) is 4.45. The molecule has 1 aliphatic rings. The molecule has 2 amide bonds. The molecule has 27 heavy (non-hydrogen) atoms. The quantitative estimate of drug-likeness (QED) is 0.732. The van der Waals surface area contributed by atoms with Crippen LogP contribution in [0.2, 0.25) is 5.02 Å². The van der Waals surface area contributed by atoms with E-state index >= 15 is 0 Å². The largest absolute Gasteiger partial charge is 0.497 e. The van der Waals surface area contributed by atoms with Crippen molar-refractivity contribution in [1.82, 2.24) is 0 Å². The number of methoxy groups -OCH3 is 2. The minimum atomic E-state index is -1.17. The smallest absolute Gasteiger partial charge is 0.240 e. The van der Waals surface area contributed by atoms with Crippen LogP contribution in [0.15, 0.2) is 36.4 Å². The fraction of sp³-hybridized carbons (Fsp3) is 0.263. The summed E-state index contributed by atoms with van der Waals surface area (Å²) >= 11 is 5.73. The van der Waals surface area contributed by atoms with Gasteiger partial charge in [0.15, 0.2) is 0 Å². The van der Waals surface area contributed by atoms with E-state index in [0.717, 1.165) is 6.07 Å². The van der Waals surface area contributed by atoms with Gasteiger partial charge < -0.3 is 20.1 Å². The standard InChI is InChI=1S/C19H18ClFN2O4/c1-26-12-4-6-15(16(10-12)27-2)23-18(25)19(7-8-19)17(24)22-11-3-5-14(21)13(20)9-11/h3-6,9-10H,7-8H2,1-2H3,(H,22,24)(H,23,25). The number of halogens is 2. The summed E-state index contributed by atoms with van der Waals surface area (Å²) in [4.78, 5) is 25.3. The lowest BCUT2D eigenvalue weighted by Gasteiger charge is -2.17. The molecule has 0 spiro atoms. The summed E-state index contributed by atoms with van der Waals surface area (Å²) in [6.45, 7) is 0. The molecule has 142 valence electrons. The summed E-state index contributed by atoms with van der Waals surface area (Å²) in [6.07, 6.45) is 0.829. The Morgan fingerprint density at radius 1 is 1.04 bits per heavy atom. The van der Waals surface area contributed by atoms with Gasteiger partial charge >= 0.3 is 0 Å². The number of benzene rings is 2. The molecule has 0 saturated heterocycles. The average Bonchev–Trinajstić information content (AvgIpc) is 3.47. The first-order valence-electron chi connectivity index (χ1n) is 8.19. The van der Waals surface area contributed by atoms with Gasteiger partial charge in [-0.05, 0) is 43.2 Å². The Kier molecular flexibility index (Phi) is 5.23. The molecule has 1 fully saturated rings. The summed E-state index contributed by atoms with van der Waals surface area (Å²) in [6, 6.07) is 8.80. The van der Waals surface area contributed by atoms with Gasteiger partial charge in [-0.2, -0.15) is 0 Å². The van der Waals surface area contributed by atoms with Crippen LogP contribution in [0.4, 0.5) is 15.8 Å². The third kappa shape index (κ3) is 3.83. The number of amides is 2. The molecule has 2 aromatic carbocycles. The van der Waals surface area contributed by atoms with Crippen molar-refractivity contribution in [1.29, 1.82) is 0 Å². The zero-order valence-electron chi connectivity index (χ0n) is 14.8. The van der Waals surface area contributed by atoms with Crippen molar-refractivity contribution >= 4 is 34.8 Å². The van der Waals surface area contributed by atoms with Gasteiger partial charge in [0.2, 0.25) is 11.8 Å². The predicted octanol–water partition coefficient (Wildman–Crippen LogP) is 3.85. The van der Waals surface area contributed by atoms with Crippen molar-refractivity contribution in [3.05, 3.63) is 47.2 Å². The van der Waals surface area contributed by atoms with E-state index in [1.165, 1.54) is 26.4 Å². The molecule has 0 aliphatic heterocycles. The number of carbonyl (C=O) groups is 2. The summed E-state index contributed by atoms with van der Waals surface area (Å²) in [5.74, 6) is -0.479. The van der Waals surface area contributed by atoms with E-state index in [4.69, 9.17) is 21.1 Å². The first-order valence-corrected chi connectivity index (χ1v) is 8.57. The molecular weight excluding hydrogens is 375 g/mol. The topological polar surface area (TPSA) is 76.7 Å². The summed E-state index contributed by atoms with van der Waals surface area (Å²) < 4.78 is 23.6. The Morgan fingerprint density at radius 3 is 2.33 bits per heavy atom. The molecule has 1 aliphatic carbocycles. The number of nitrogens with one attached hydrogen (secondary N) is 2. The molecule has 0 aromatic heterocycles. The van der Waals surface area contributed by atoms with Crippen molar-refractivity contribution in [2.24, 2.45) is 5.41 Å². The SMILES string of the molecule is COc1ccc(NC(=O)C2(C(=O)Nc3ccc(F)c(Cl)c3)CC2)c(OC)c1. The van der Waals surface area contributed by atoms with Gasteiger partial charge in [0.05, 0.1) is 24.9 Å². The number of carbonyl (C=O) groups excluding carboxylic acids is 2. The van der Waals surface area contributed by atoms with Crippen LogP contribution in [-0.2, 0) is 9.59 Å². The molecule has 2 aromatic rings. The average molecular weight is 393 g/mol. The van der Waals surface area contributed by atoms with E-state index in [9.17, 15) is 14.0 Å². The molecular formula is C19H18ClFN2O4. The van der Waals surface area contributed by atoms with Gasteiger partial charge in [-0.3, -0.25) is 9.59 Å². The highest BCUT2D eigenvalue weighted by Gasteiger charge is 2.56. The molecule has 0 heterocycles. The highest BCUT2D eigenvalue weighted by atomic mass is 35.5. The van der Waals surface area contributed by atoms with Gasteiger partial charge in [0.1, 0.15) is 22.7 Å². The minimum absolute atomic E-state index is 0.106. The lowest BCUT2D eigenvalue weighted by Crippen LogP contribution is -2.35. The molecule has 8 heteroatoms. The number of ether oxygens (including phenoxy) is 2. The van der Waals surface area contributed by atoms with Gasteiger partial charge in [-0.1, -0.05) is 11.6 Å². The lowest BCUT2D eigenvalue weighted by atomic mass is 10.0. The zero-order valence-corrected chi connectivity index (χ0v) is 15.5. The van der Waals surface area contributed by atoms with Crippen molar-refractivity contribution in [2.45, 2.75) is 12.8 Å². The van der Waals surface area contributed by atoms with Gasteiger partial charge in [0, 0.05) is 11.8 Å². The molecule has 0 unspecified atom stereocenters. The Hall–Kier alpha value is -2.80. The Bertz CT molecular complexity index is 899. The fourth-order valence-corrected chi connectivity index (χ4v) is 2.83. The summed E-state index contributed by atoms with van der Waals surface area (Å²) in [5, 5.41) is 5.25. The van der Waals surface area contributed by atoms with Crippen molar-refractivity contribution in [2.75, 3.05) is 24.9 Å². The Morgan fingerprint density at radius 2 is 1.74 bits per heavy atom. The van der Waals surface area contributed by atoms with Crippen LogP contribution in [0.3, 0.4) is 0 Å². The fourth-order valence-electron chi connectivity index (χ4n) is 2.65. The van der Waals surface area contributed by atoms with Crippen molar-refractivity contribution in [3.63, 3.8) is 0 Å². The summed E-state index contributed by atoms with van der Waals surface area (Å²) in [7, 11) is 3.00. The maximum atomic E-state index is 13.2. The normalized spacial score (nSPS) is 14.2. The second kappa shape index (κ2) is 7.44. The van der Waals surface area contributed by atoms with Crippen molar-refractivity contribution < 1.29 is 23.5 Å². The van der Waals surface area contributed by atoms with Crippen LogP contribution < -0.4 is 20.1 Å². The number of hydrogen-bond donors (Lipinski definition) is 2. The van der Waals surface area contributed by atoms with Crippen LogP contribution >= 0.6 is 11.6 Å². The van der Waals surface area contributed by atoms with Crippen LogP contribution in [0, 0.1) is 11.2 Å². The van der Waals surface area contributed by atoms with Crippen molar-refractivity contribution in [3.8, 4) is 11.5 Å².